The molecule has 3 unspecified atom stereocenters. The Morgan fingerprint density at radius 3 is 1.21 bits per heavy atom. The van der Waals surface area contributed by atoms with Crippen molar-refractivity contribution in [1.29, 1.82) is 0 Å². The number of nitrogens with zero attached hydrogens (tertiary/aromatic N) is 12. The minimum absolute atomic E-state index is 0.104. The van der Waals surface area contributed by atoms with E-state index in [1.165, 1.54) is 83.3 Å². The normalized spacial score (nSPS) is 31.0. The van der Waals surface area contributed by atoms with Crippen molar-refractivity contribution in [2.24, 2.45) is 11.8 Å². The molecule has 12 heterocycles. The highest BCUT2D eigenvalue weighted by atomic mass is 16.8. The second-order valence-corrected chi connectivity index (χ2v) is 28.1. The number of hydrogen-bond donors (Lipinski definition) is 6. The van der Waals surface area contributed by atoms with Crippen LogP contribution in [-0.4, -0.2) is 178 Å². The monoisotopic (exact) mass is 1340 g/mol. The Bertz CT molecular complexity index is 3890. The number of carboxylic acid groups (broad SMARTS) is 2. The highest BCUT2D eigenvalue weighted by Crippen LogP contribution is 2.52. The van der Waals surface area contributed by atoms with Crippen molar-refractivity contribution in [2.45, 2.75) is 252 Å². The number of nitrogens with one attached hydrogen (secondary N) is 3. The summed E-state index contributed by atoms with van der Waals surface area (Å²) in [6.45, 7) is 1.67. The molecule has 11 fully saturated rings. The maximum Gasteiger partial charge on any atom is 0.335 e. The van der Waals surface area contributed by atoms with E-state index in [1.54, 1.807) is 34.4 Å². The predicted molar refractivity (Wildman–Crippen MR) is 347 cm³/mol. The number of aliphatic carboxylic acids is 2. The van der Waals surface area contributed by atoms with Crippen LogP contribution in [0.15, 0.2) is 68.3 Å². The zero-order valence-electron chi connectivity index (χ0n) is 54.4. The Kier molecular flexibility index (Phi) is 18.3. The summed E-state index contributed by atoms with van der Waals surface area (Å²) in [5.41, 5.74) is 4.65. The number of aliphatic hydroxyl groups excluding tert-OH is 1. The van der Waals surface area contributed by atoms with E-state index in [0.29, 0.717) is 51.4 Å². The zero-order valence-corrected chi connectivity index (χ0v) is 54.4. The lowest BCUT2D eigenvalue weighted by Crippen LogP contribution is -2.38. The predicted octanol–water partition coefficient (Wildman–Crippen LogP) is 9.39. The van der Waals surface area contributed by atoms with Gasteiger partial charge in [-0.05, 0) is 88.2 Å². The standard InChI is InChI=1S/C23H31N5O5.C23H33N5O4.C22H23N5O5/c29-22(30)18-16-17(33-23(32-16)9-5-2-6-10-23)21(31-18)28-13-27-15-19(25-12-26-20(15)28)24-11-14-7-3-1-4-8-14;29-12-16-18-19(32-23(31-18)9-5-2-6-10-23)22(30-16)28-14-27-17-20(25-13-26-21(17)28)24-11-15-7-3-1-4-8-15;28-21(29)17-15-16(32-22(31-15)9-5-2-6-10-22)20(30-17)27-12-25-14-18(23-11-24-19(14)27)26-13-7-3-1-4-8-13/h12-14,16-18,21H,1-11H2,(H,29,30)(H,24,25,26);13-16,18-19,22,29H,1-12H2,(H,24,25,26);1,3-4,7-8,11-12,15-17,20H,2,5-6,9-10H2,(H,28,29)(H,23,24,26)/t16?,17-,18-,21+;16-,18?,19+,22-;15?,16-,17-,20+/m010/s1. The number of hydrogen-bond acceptors (Lipinski definition) is 24. The highest BCUT2D eigenvalue weighted by Gasteiger charge is 2.63. The molecule has 0 amide bonds. The van der Waals surface area contributed by atoms with Gasteiger partial charge in [0.2, 0.25) is 0 Å². The summed E-state index contributed by atoms with van der Waals surface area (Å²) in [7, 11) is 0. The summed E-state index contributed by atoms with van der Waals surface area (Å²) in [4.78, 5) is 64.2. The molecule has 0 bridgehead atoms. The molecule has 6 aliphatic heterocycles. The Balaban J connectivity index is 0.000000114. The number of ether oxygens (including phenoxy) is 9. The molecule has 7 aromatic rings. The second-order valence-electron chi connectivity index (χ2n) is 28.1. The minimum Gasteiger partial charge on any atom is -0.479 e. The maximum atomic E-state index is 12.0. The fourth-order valence-electron chi connectivity index (χ4n) is 16.9. The van der Waals surface area contributed by atoms with Gasteiger partial charge in [-0.3, -0.25) is 13.7 Å². The van der Waals surface area contributed by atoms with Crippen molar-refractivity contribution in [3.8, 4) is 0 Å². The zero-order chi connectivity index (χ0) is 65.7. The van der Waals surface area contributed by atoms with Crippen molar-refractivity contribution < 1.29 is 67.5 Å². The number of fused-ring (bicyclic) bond motifs is 6. The first-order valence-electron chi connectivity index (χ1n) is 35.5. The van der Waals surface area contributed by atoms with Gasteiger partial charge in [0.25, 0.3) is 0 Å². The topological polar surface area (TPSA) is 345 Å². The molecule has 97 heavy (non-hydrogen) atoms. The third kappa shape index (κ3) is 12.7. The van der Waals surface area contributed by atoms with Gasteiger partial charge < -0.3 is 73.9 Å². The first-order valence-corrected chi connectivity index (χ1v) is 35.5. The molecule has 11 aliphatic rings. The molecular weight excluding hydrogens is 1250 g/mol. The molecule has 3 spiro atoms. The van der Waals surface area contributed by atoms with Gasteiger partial charge in [0.15, 0.2) is 99.2 Å². The van der Waals surface area contributed by atoms with E-state index in [1.807, 2.05) is 34.9 Å². The van der Waals surface area contributed by atoms with Gasteiger partial charge in [-0.2, -0.15) is 0 Å². The fraction of sp³-hybridized carbons (Fsp3) is 0.662. The Hall–Kier alpha value is -7.19. The Morgan fingerprint density at radius 1 is 0.433 bits per heavy atom. The van der Waals surface area contributed by atoms with Crippen LogP contribution in [0.3, 0.4) is 0 Å². The van der Waals surface area contributed by atoms with E-state index in [2.05, 4.69) is 60.8 Å². The number of carbonyl (C=O) groups is 2. The first kappa shape index (κ1) is 64.5. The van der Waals surface area contributed by atoms with Crippen molar-refractivity contribution in [2.75, 3.05) is 35.6 Å². The summed E-state index contributed by atoms with van der Waals surface area (Å²) >= 11 is 0. The molecule has 518 valence electrons. The van der Waals surface area contributed by atoms with E-state index < -0.39 is 90.7 Å². The summed E-state index contributed by atoms with van der Waals surface area (Å²) in [5, 5.41) is 39.7. The first-order chi connectivity index (χ1) is 47.5. The average molecular weight is 1340 g/mol. The van der Waals surface area contributed by atoms with Crippen LogP contribution in [0.5, 0.6) is 0 Å². The van der Waals surface area contributed by atoms with Crippen LogP contribution in [-0.2, 0) is 52.2 Å². The molecule has 12 atom stereocenters. The quantitative estimate of drug-likeness (QED) is 0.0590. The number of aromatic nitrogens is 12. The maximum absolute atomic E-state index is 12.0. The summed E-state index contributed by atoms with van der Waals surface area (Å²) in [6.07, 6.45) is 29.6. The molecule has 5 saturated carbocycles. The number of carboxylic acids is 2. The smallest absolute Gasteiger partial charge is 0.335 e. The molecule has 18 rings (SSSR count). The highest BCUT2D eigenvalue weighted by molar-refractivity contribution is 5.86. The van der Waals surface area contributed by atoms with Crippen molar-refractivity contribution in [1.82, 2.24) is 58.6 Å². The minimum atomic E-state index is -1.12. The van der Waals surface area contributed by atoms with Gasteiger partial charge in [0.1, 0.15) is 61.7 Å². The molecule has 6 saturated heterocycles. The van der Waals surface area contributed by atoms with Crippen LogP contribution in [0.1, 0.15) is 179 Å². The molecule has 1 aromatic carbocycles. The summed E-state index contributed by atoms with van der Waals surface area (Å²) in [5.74, 6) is -0.732. The van der Waals surface area contributed by atoms with Crippen LogP contribution in [0.2, 0.25) is 0 Å². The van der Waals surface area contributed by atoms with Gasteiger partial charge in [0.05, 0.1) is 25.6 Å². The lowest BCUT2D eigenvalue weighted by atomic mass is 9.89. The van der Waals surface area contributed by atoms with Gasteiger partial charge in [-0.1, -0.05) is 76.0 Å². The van der Waals surface area contributed by atoms with Crippen LogP contribution < -0.4 is 16.0 Å². The number of rotatable bonds is 14. The summed E-state index contributed by atoms with van der Waals surface area (Å²) in [6, 6.07) is 9.65. The summed E-state index contributed by atoms with van der Waals surface area (Å²) < 4.78 is 61.7. The number of aliphatic hydroxyl groups is 1. The number of benzene rings is 1. The van der Waals surface area contributed by atoms with Crippen molar-refractivity contribution >= 4 is 68.6 Å². The van der Waals surface area contributed by atoms with E-state index in [0.717, 1.165) is 120 Å². The molecular formula is C68H87N15O14. The van der Waals surface area contributed by atoms with Crippen molar-refractivity contribution in [3.05, 3.63) is 68.3 Å². The van der Waals surface area contributed by atoms with Gasteiger partial charge in [-0.25, -0.2) is 54.4 Å². The molecule has 29 heteroatoms. The van der Waals surface area contributed by atoms with E-state index >= 15 is 0 Å². The Labute approximate surface area is 559 Å². The molecule has 29 nitrogen and oxygen atoms in total. The number of imidazole rings is 3. The third-order valence-corrected chi connectivity index (χ3v) is 21.8. The molecule has 6 aromatic heterocycles. The molecule has 5 aliphatic carbocycles. The Morgan fingerprint density at radius 2 is 0.794 bits per heavy atom. The van der Waals surface area contributed by atoms with Crippen LogP contribution >= 0.6 is 0 Å². The number of anilines is 4. The van der Waals surface area contributed by atoms with Gasteiger partial charge in [-0.15, -0.1) is 0 Å². The second kappa shape index (κ2) is 27.5. The fourth-order valence-corrected chi connectivity index (χ4v) is 16.9. The molecule has 0 radical (unpaired) electrons. The third-order valence-electron chi connectivity index (χ3n) is 21.8. The van der Waals surface area contributed by atoms with Crippen LogP contribution in [0.4, 0.5) is 23.1 Å². The van der Waals surface area contributed by atoms with E-state index in [9.17, 15) is 24.9 Å². The number of para-hydroxylation sites is 1. The van der Waals surface area contributed by atoms with Crippen molar-refractivity contribution in [3.63, 3.8) is 0 Å². The van der Waals surface area contributed by atoms with Crippen LogP contribution in [0.25, 0.3) is 33.5 Å². The van der Waals surface area contributed by atoms with Gasteiger partial charge >= 0.3 is 11.9 Å². The van der Waals surface area contributed by atoms with Crippen LogP contribution in [0, 0.1) is 11.8 Å². The lowest BCUT2D eigenvalue weighted by Gasteiger charge is -2.34. The average Bonchev–Trinajstić information content (AvgIpc) is 1.59. The lowest BCUT2D eigenvalue weighted by molar-refractivity contribution is -0.232. The van der Waals surface area contributed by atoms with Gasteiger partial charge in [0, 0.05) is 57.3 Å². The van der Waals surface area contributed by atoms with E-state index in [-0.39, 0.29) is 18.8 Å². The molecule has 6 N–H and O–H groups in total. The van der Waals surface area contributed by atoms with E-state index in [4.69, 9.17) is 42.6 Å². The largest absolute Gasteiger partial charge is 0.479 e. The SMILES string of the molecule is O=C(O)[C@H]1O[C@@H](n2cnc3c(NCC4CCCCC4)ncnc32)[C@H]2OC3(CCCCC3)OC12.O=C(O)[C@H]1O[C@@H](n2cnc3c(Nc4ccccc4)ncnc32)[C@H]2OC3(CCCCC3)OC12.OC[C@H]1O[C@@H](n2cnc3c(NCC4CCCCC4)ncnc32)[C@H]2OC3(CCCCC3)OC12.